The van der Waals surface area contributed by atoms with Gasteiger partial charge in [0.05, 0.1) is 24.7 Å². The molecule has 3 aromatic heterocycles. The van der Waals surface area contributed by atoms with Crippen LogP contribution in [-0.4, -0.2) is 37.2 Å². The van der Waals surface area contributed by atoms with Gasteiger partial charge in [-0.05, 0) is 42.2 Å². The molecule has 0 aliphatic carbocycles. The van der Waals surface area contributed by atoms with Crippen molar-refractivity contribution in [3.05, 3.63) is 72.0 Å². The van der Waals surface area contributed by atoms with Crippen molar-refractivity contribution in [2.24, 2.45) is 19.5 Å². The van der Waals surface area contributed by atoms with Crippen LogP contribution < -0.4 is 10.00 Å². The highest BCUT2D eigenvalue weighted by Gasteiger charge is 2.30. The Bertz CT molecular complexity index is 1370. The van der Waals surface area contributed by atoms with Gasteiger partial charge in [0.2, 0.25) is 11.8 Å². The fourth-order valence-corrected chi connectivity index (χ4v) is 4.42. The van der Waals surface area contributed by atoms with E-state index in [2.05, 4.69) is 10.4 Å². The Morgan fingerprint density at radius 3 is 2.62 bits per heavy atom. The first-order chi connectivity index (χ1) is 17.5. The number of hydrogen-bond acceptors (Lipinski definition) is 4. The molecule has 0 fully saturated rings. The molecule has 0 aliphatic heterocycles. The summed E-state index contributed by atoms with van der Waals surface area (Å²) in [6.45, 7) is 9.03. The number of nitrogens with zero attached hydrogens (tertiary/aromatic N) is 5. The number of furan rings is 1. The molecule has 37 heavy (non-hydrogen) atoms. The van der Waals surface area contributed by atoms with Gasteiger partial charge in [-0.25, -0.2) is 0 Å². The molecule has 1 N–H and O–H groups in total. The summed E-state index contributed by atoms with van der Waals surface area (Å²) in [5, 5.41) is 8.59. The van der Waals surface area contributed by atoms with Gasteiger partial charge >= 0.3 is 0 Å². The van der Waals surface area contributed by atoms with Crippen LogP contribution in [0.2, 0.25) is 0 Å². The molecule has 0 radical (unpaired) electrons. The van der Waals surface area contributed by atoms with E-state index in [9.17, 15) is 9.59 Å². The number of carbonyl (C=O) groups is 2. The maximum atomic E-state index is 14.1. The van der Waals surface area contributed by atoms with Crippen LogP contribution >= 0.6 is 0 Å². The van der Waals surface area contributed by atoms with Gasteiger partial charge in [0.25, 0.3) is 0 Å². The Morgan fingerprint density at radius 2 is 1.97 bits per heavy atom. The molecule has 9 heteroatoms. The van der Waals surface area contributed by atoms with E-state index in [-0.39, 0.29) is 17.2 Å². The molecule has 9 nitrogen and oxygen atoms in total. The van der Waals surface area contributed by atoms with Crippen molar-refractivity contribution < 1.29 is 18.7 Å². The lowest BCUT2D eigenvalue weighted by atomic mass is 9.92. The quantitative estimate of drug-likeness (QED) is 0.354. The summed E-state index contributed by atoms with van der Waals surface area (Å²) >= 11 is 0. The molecule has 0 bridgehead atoms. The number of benzene rings is 1. The van der Waals surface area contributed by atoms with E-state index in [1.807, 2.05) is 99.9 Å². The minimum Gasteiger partial charge on any atom is -0.464 e. The van der Waals surface area contributed by atoms with E-state index in [1.54, 1.807) is 15.8 Å². The second-order valence-corrected chi connectivity index (χ2v) is 10.9. The molecule has 0 saturated carbocycles. The van der Waals surface area contributed by atoms with Crippen molar-refractivity contribution in [2.75, 3.05) is 0 Å². The number of nitrogens with one attached hydrogen (secondary N) is 1. The molecule has 1 aromatic carbocycles. The summed E-state index contributed by atoms with van der Waals surface area (Å²) in [6, 6.07) is 11.0. The van der Waals surface area contributed by atoms with Crippen LogP contribution in [0.15, 0.2) is 59.5 Å². The third kappa shape index (κ3) is 6.67. The normalized spacial score (nSPS) is 12.6. The Morgan fingerprint density at radius 1 is 1.19 bits per heavy atom. The SMILES string of the molecule is Cc1cc(CN(Cc2ccc3occc3c2)C(=O)[C@H](Cn2ccc[n+]2C)NC(=O)CC(C)(C)C)nn1C. The Hall–Kier alpha value is -3.88. The predicted molar refractivity (Wildman–Crippen MR) is 140 cm³/mol. The van der Waals surface area contributed by atoms with Gasteiger partial charge in [-0.2, -0.15) is 9.78 Å². The van der Waals surface area contributed by atoms with Crippen LogP contribution in [0.5, 0.6) is 0 Å². The molecular weight excluding hydrogens is 468 g/mol. The van der Waals surface area contributed by atoms with Gasteiger partial charge < -0.3 is 14.6 Å². The highest BCUT2D eigenvalue weighted by molar-refractivity contribution is 5.88. The molecule has 0 aliphatic rings. The van der Waals surface area contributed by atoms with Gasteiger partial charge in [-0.15, -0.1) is 4.68 Å². The zero-order chi connectivity index (χ0) is 26.7. The average Bonchev–Trinajstić information content (AvgIpc) is 3.51. The molecule has 1 atom stereocenters. The van der Waals surface area contributed by atoms with Gasteiger partial charge in [0, 0.05) is 37.2 Å². The van der Waals surface area contributed by atoms with Crippen molar-refractivity contribution >= 4 is 22.8 Å². The van der Waals surface area contributed by atoms with Crippen LogP contribution in [0.3, 0.4) is 0 Å². The molecular formula is C28H37N6O3+. The van der Waals surface area contributed by atoms with E-state index in [1.165, 1.54) is 0 Å². The maximum absolute atomic E-state index is 14.1. The Kier molecular flexibility index (Phi) is 7.52. The van der Waals surface area contributed by atoms with Gasteiger partial charge in [-0.3, -0.25) is 14.3 Å². The van der Waals surface area contributed by atoms with Crippen LogP contribution in [0, 0.1) is 12.3 Å². The van der Waals surface area contributed by atoms with E-state index in [0.29, 0.717) is 26.1 Å². The van der Waals surface area contributed by atoms with Gasteiger partial charge in [0.15, 0.2) is 13.2 Å². The second-order valence-electron chi connectivity index (χ2n) is 10.9. The second kappa shape index (κ2) is 10.6. The summed E-state index contributed by atoms with van der Waals surface area (Å²) in [6.07, 6.45) is 5.79. The standard InChI is InChI=1S/C28H36N6O3/c1-20-14-23(30-32(20)6)18-33(17-21-8-9-25-22(15-21)10-13-37-25)27(36)24(19-34-12-7-11-31(34)5)29-26(35)16-28(2,3)4/h7-15,24H,16-19H2,1-6H3/p+1/t24-/m0/s1. The monoisotopic (exact) mass is 505 g/mol. The fraction of sp³-hybridized carbons (Fsp3) is 0.429. The molecule has 3 heterocycles. The van der Waals surface area contributed by atoms with E-state index >= 15 is 0 Å². The van der Waals surface area contributed by atoms with Crippen LogP contribution in [0.4, 0.5) is 0 Å². The highest BCUT2D eigenvalue weighted by atomic mass is 16.3. The first kappa shape index (κ1) is 26.2. The van der Waals surface area contributed by atoms with Crippen molar-refractivity contribution in [3.63, 3.8) is 0 Å². The minimum absolute atomic E-state index is 0.144. The number of hydrogen-bond donors (Lipinski definition) is 1. The Labute approximate surface area is 217 Å². The number of aromatic nitrogens is 4. The van der Waals surface area contributed by atoms with Crippen molar-refractivity contribution in [3.8, 4) is 0 Å². The molecule has 196 valence electrons. The highest BCUT2D eigenvalue weighted by Crippen LogP contribution is 2.21. The first-order valence-corrected chi connectivity index (χ1v) is 12.5. The lowest BCUT2D eigenvalue weighted by molar-refractivity contribution is -0.753. The van der Waals surface area contributed by atoms with Gasteiger partial charge in [-0.1, -0.05) is 26.8 Å². The number of carbonyl (C=O) groups excluding carboxylic acids is 2. The summed E-state index contributed by atoms with van der Waals surface area (Å²) in [5.41, 5.74) is 3.39. The zero-order valence-corrected chi connectivity index (χ0v) is 22.6. The zero-order valence-electron chi connectivity index (χ0n) is 22.6. The lowest BCUT2D eigenvalue weighted by Crippen LogP contribution is -2.53. The summed E-state index contributed by atoms with van der Waals surface area (Å²) < 4.78 is 11.1. The summed E-state index contributed by atoms with van der Waals surface area (Å²) in [5.74, 6) is -0.305. The molecule has 0 spiro atoms. The third-order valence-corrected chi connectivity index (χ3v) is 6.38. The van der Waals surface area contributed by atoms with Crippen LogP contribution in [0.25, 0.3) is 11.0 Å². The third-order valence-electron chi connectivity index (χ3n) is 6.38. The predicted octanol–water partition coefficient (Wildman–Crippen LogP) is 3.25. The van der Waals surface area contributed by atoms with E-state index < -0.39 is 6.04 Å². The number of fused-ring (bicyclic) bond motifs is 1. The smallest absolute Gasteiger partial charge is 0.247 e. The van der Waals surface area contributed by atoms with Crippen molar-refractivity contribution in [1.29, 1.82) is 0 Å². The molecule has 0 saturated heterocycles. The summed E-state index contributed by atoms with van der Waals surface area (Å²) in [4.78, 5) is 28.9. The first-order valence-electron chi connectivity index (χ1n) is 12.5. The minimum atomic E-state index is -0.740. The molecule has 4 aromatic rings. The van der Waals surface area contributed by atoms with Crippen molar-refractivity contribution in [1.82, 2.24) is 24.7 Å². The number of rotatable bonds is 9. The summed E-state index contributed by atoms with van der Waals surface area (Å²) in [7, 11) is 3.80. The van der Waals surface area contributed by atoms with E-state index in [4.69, 9.17) is 4.42 Å². The molecule has 4 rings (SSSR count). The topological polar surface area (TPSA) is 89.2 Å². The number of amides is 2. The average molecular weight is 506 g/mol. The van der Waals surface area contributed by atoms with Crippen molar-refractivity contribution in [2.45, 2.75) is 59.8 Å². The fourth-order valence-electron chi connectivity index (χ4n) is 4.42. The maximum Gasteiger partial charge on any atom is 0.247 e. The van der Waals surface area contributed by atoms with Crippen LogP contribution in [0.1, 0.15) is 44.1 Å². The molecule has 0 unspecified atom stereocenters. The van der Waals surface area contributed by atoms with Crippen LogP contribution in [-0.2, 0) is 43.3 Å². The van der Waals surface area contributed by atoms with E-state index in [0.717, 1.165) is 27.9 Å². The lowest BCUT2D eigenvalue weighted by Gasteiger charge is -2.28. The Balaban J connectivity index is 1.65. The largest absolute Gasteiger partial charge is 0.464 e. The molecule has 2 amide bonds. The van der Waals surface area contributed by atoms with Gasteiger partial charge in [0.1, 0.15) is 18.2 Å². The number of aryl methyl sites for hydroxylation is 3.